The first-order chi connectivity index (χ1) is 13.9. The monoisotopic (exact) mass is 411 g/mol. The van der Waals surface area contributed by atoms with Crippen molar-refractivity contribution in [2.75, 3.05) is 0 Å². The number of rotatable bonds is 5. The molecule has 4 aromatic rings. The summed E-state index contributed by atoms with van der Waals surface area (Å²) in [4.78, 5) is 24.0. The molecule has 0 atom stereocenters. The third-order valence-electron chi connectivity index (χ3n) is 4.29. The van der Waals surface area contributed by atoms with Gasteiger partial charge in [-0.1, -0.05) is 30.3 Å². The van der Waals surface area contributed by atoms with Crippen LogP contribution in [-0.4, -0.2) is 19.2 Å². The number of carbonyl (C=O) groups excluding carboxylic acids is 1. The van der Waals surface area contributed by atoms with Gasteiger partial charge in [0.05, 0.1) is 4.92 Å². The Bertz CT molecular complexity index is 1380. The summed E-state index contributed by atoms with van der Waals surface area (Å²) < 4.78 is 30.5. The van der Waals surface area contributed by atoms with E-state index >= 15 is 0 Å². The van der Waals surface area contributed by atoms with Gasteiger partial charge in [-0.2, -0.15) is 0 Å². The molecule has 0 aliphatic rings. The second kappa shape index (κ2) is 7.00. The van der Waals surface area contributed by atoms with Crippen LogP contribution < -0.4 is 10.3 Å². The number of hydrogen-bond donors (Lipinski definition) is 2. The molecule has 0 saturated carbocycles. The number of amides is 1. The van der Waals surface area contributed by atoms with Gasteiger partial charge in [-0.15, -0.1) is 4.83 Å². The average molecular weight is 411 g/mol. The number of sulfonamides is 1. The van der Waals surface area contributed by atoms with E-state index in [2.05, 4.69) is 5.43 Å². The number of hydrogen-bond acceptors (Lipinski definition) is 6. The first kappa shape index (κ1) is 18.6. The van der Waals surface area contributed by atoms with E-state index in [-0.39, 0.29) is 5.56 Å². The molecular formula is C19H13N3O6S. The van der Waals surface area contributed by atoms with Crippen molar-refractivity contribution in [3.05, 3.63) is 82.4 Å². The summed E-state index contributed by atoms with van der Waals surface area (Å²) >= 11 is 0. The molecular weight excluding hydrogens is 398 g/mol. The van der Waals surface area contributed by atoms with Gasteiger partial charge in [-0.3, -0.25) is 20.3 Å². The van der Waals surface area contributed by atoms with Crippen LogP contribution in [0.1, 0.15) is 10.4 Å². The van der Waals surface area contributed by atoms with Crippen LogP contribution in [0, 0.1) is 10.1 Å². The Morgan fingerprint density at radius 3 is 2.41 bits per heavy atom. The van der Waals surface area contributed by atoms with Crippen molar-refractivity contribution >= 4 is 43.6 Å². The Kier molecular flexibility index (Phi) is 4.49. The van der Waals surface area contributed by atoms with Crippen molar-refractivity contribution in [1.29, 1.82) is 0 Å². The zero-order valence-corrected chi connectivity index (χ0v) is 15.5. The summed E-state index contributed by atoms with van der Waals surface area (Å²) in [5, 5.41) is 12.6. The molecule has 0 aliphatic carbocycles. The quantitative estimate of drug-likeness (QED) is 0.383. The zero-order valence-electron chi connectivity index (χ0n) is 14.7. The van der Waals surface area contributed by atoms with Crippen LogP contribution in [0.3, 0.4) is 0 Å². The van der Waals surface area contributed by atoms with Crippen molar-refractivity contribution < 1.29 is 22.6 Å². The van der Waals surface area contributed by atoms with Gasteiger partial charge in [-0.05, 0) is 30.3 Å². The molecule has 4 rings (SSSR count). The maximum Gasteiger partial charge on any atom is 0.289 e. The van der Waals surface area contributed by atoms with Crippen LogP contribution in [0.2, 0.25) is 0 Å². The van der Waals surface area contributed by atoms with Crippen molar-refractivity contribution in [2.45, 2.75) is 4.90 Å². The second-order valence-electron chi connectivity index (χ2n) is 6.09. The fourth-order valence-electron chi connectivity index (χ4n) is 2.94. The Labute approximate surface area is 164 Å². The van der Waals surface area contributed by atoms with Crippen LogP contribution in [0.5, 0.6) is 0 Å². The van der Waals surface area contributed by atoms with Crippen molar-refractivity contribution in [3.63, 3.8) is 0 Å². The zero-order chi connectivity index (χ0) is 20.6. The highest BCUT2D eigenvalue weighted by molar-refractivity contribution is 7.89. The number of benzene rings is 3. The normalized spacial score (nSPS) is 11.6. The Balaban J connectivity index is 1.60. The summed E-state index contributed by atoms with van der Waals surface area (Å²) in [5.41, 5.74) is 2.92. The molecule has 29 heavy (non-hydrogen) atoms. The molecule has 0 aliphatic heterocycles. The van der Waals surface area contributed by atoms with E-state index in [0.29, 0.717) is 16.6 Å². The smallest absolute Gasteiger partial charge is 0.289 e. The lowest BCUT2D eigenvalue weighted by atomic mass is 10.1. The van der Waals surface area contributed by atoms with Crippen molar-refractivity contribution in [2.24, 2.45) is 0 Å². The van der Waals surface area contributed by atoms with E-state index in [4.69, 9.17) is 4.42 Å². The highest BCUT2D eigenvalue weighted by atomic mass is 32.2. The number of fused-ring (bicyclic) bond motifs is 3. The molecule has 0 unspecified atom stereocenters. The molecule has 146 valence electrons. The highest BCUT2D eigenvalue weighted by Crippen LogP contribution is 2.29. The lowest BCUT2D eigenvalue weighted by molar-refractivity contribution is -0.387. The van der Waals surface area contributed by atoms with E-state index in [1.165, 1.54) is 18.2 Å². The number of hydrazine groups is 1. The number of carbonyl (C=O) groups is 1. The number of nitrogens with zero attached hydrogens (tertiary/aromatic N) is 1. The van der Waals surface area contributed by atoms with Gasteiger partial charge < -0.3 is 4.42 Å². The van der Waals surface area contributed by atoms with Gasteiger partial charge >= 0.3 is 0 Å². The highest BCUT2D eigenvalue weighted by Gasteiger charge is 2.25. The summed E-state index contributed by atoms with van der Waals surface area (Å²) in [6.07, 6.45) is 0. The summed E-state index contributed by atoms with van der Waals surface area (Å²) in [6, 6.07) is 16.8. The maximum absolute atomic E-state index is 12.4. The molecule has 0 fully saturated rings. The van der Waals surface area contributed by atoms with Gasteiger partial charge in [0.1, 0.15) is 11.2 Å². The molecule has 1 aromatic heterocycles. The van der Waals surface area contributed by atoms with Gasteiger partial charge in [0, 0.05) is 22.4 Å². The predicted molar refractivity (Wildman–Crippen MR) is 105 cm³/mol. The second-order valence-corrected chi connectivity index (χ2v) is 7.74. The van der Waals surface area contributed by atoms with Gasteiger partial charge in [0.25, 0.3) is 21.6 Å². The van der Waals surface area contributed by atoms with Crippen LogP contribution >= 0.6 is 0 Å². The molecule has 9 nitrogen and oxygen atoms in total. The first-order valence-electron chi connectivity index (χ1n) is 8.34. The summed E-state index contributed by atoms with van der Waals surface area (Å²) in [6.45, 7) is 0. The Morgan fingerprint density at radius 2 is 1.62 bits per heavy atom. The lowest BCUT2D eigenvalue weighted by Gasteiger charge is -2.09. The van der Waals surface area contributed by atoms with E-state index in [9.17, 15) is 23.3 Å². The number of nitrogens with one attached hydrogen (secondary N) is 2. The number of nitro groups is 1. The third-order valence-corrected chi connectivity index (χ3v) is 5.58. The van der Waals surface area contributed by atoms with E-state index in [1.807, 2.05) is 23.0 Å². The van der Waals surface area contributed by atoms with Crippen molar-refractivity contribution in [3.8, 4) is 0 Å². The van der Waals surface area contributed by atoms with Crippen molar-refractivity contribution in [1.82, 2.24) is 10.3 Å². The number of para-hydroxylation sites is 2. The van der Waals surface area contributed by atoms with Crippen LogP contribution in [0.4, 0.5) is 5.69 Å². The maximum atomic E-state index is 12.4. The molecule has 3 aromatic carbocycles. The summed E-state index contributed by atoms with van der Waals surface area (Å²) in [5.74, 6) is -0.723. The van der Waals surface area contributed by atoms with Gasteiger partial charge in [0.2, 0.25) is 0 Å². The Morgan fingerprint density at radius 1 is 0.931 bits per heavy atom. The fraction of sp³-hybridized carbons (Fsp3) is 0. The lowest BCUT2D eigenvalue weighted by Crippen LogP contribution is -2.41. The predicted octanol–water partition coefficient (Wildman–Crippen LogP) is 3.12. The molecule has 0 saturated heterocycles. The van der Waals surface area contributed by atoms with Crippen LogP contribution in [-0.2, 0) is 10.0 Å². The fourth-order valence-corrected chi connectivity index (χ4v) is 3.96. The molecule has 1 heterocycles. The minimum Gasteiger partial charge on any atom is -0.456 e. The van der Waals surface area contributed by atoms with Crippen LogP contribution in [0.25, 0.3) is 21.9 Å². The van der Waals surface area contributed by atoms with Crippen LogP contribution in [0.15, 0.2) is 76.0 Å². The third kappa shape index (κ3) is 3.42. The average Bonchev–Trinajstić information content (AvgIpc) is 3.10. The van der Waals surface area contributed by atoms with Gasteiger partial charge in [0.15, 0.2) is 4.90 Å². The van der Waals surface area contributed by atoms with Gasteiger partial charge in [-0.25, -0.2) is 8.42 Å². The molecule has 10 heteroatoms. The molecule has 0 spiro atoms. The topological polar surface area (TPSA) is 132 Å². The number of nitro benzene ring substituents is 1. The largest absolute Gasteiger partial charge is 0.456 e. The van der Waals surface area contributed by atoms with E-state index in [1.54, 1.807) is 18.2 Å². The molecule has 0 radical (unpaired) electrons. The molecule has 0 bridgehead atoms. The minimum atomic E-state index is -4.35. The SMILES string of the molecule is O=C(NNS(=O)(=O)c1ccccc1[N+](=O)[O-])c1ccc2oc3ccccc3c2c1. The van der Waals surface area contributed by atoms with E-state index < -0.39 is 31.4 Å². The molecule has 1 amide bonds. The molecule has 2 N–H and O–H groups in total. The standard InChI is InChI=1S/C19H13N3O6S/c23-19(20-21-29(26,27)18-8-4-2-6-15(18)22(24)25)12-9-10-17-14(11-12)13-5-1-3-7-16(13)28-17/h1-11,21H,(H,20,23). The summed E-state index contributed by atoms with van der Waals surface area (Å²) in [7, 11) is -4.35. The first-order valence-corrected chi connectivity index (χ1v) is 9.82. The van der Waals surface area contributed by atoms with E-state index in [0.717, 1.165) is 17.5 Å². The number of furan rings is 1. The minimum absolute atomic E-state index is 0.189. The Hall–Kier alpha value is -3.76.